The van der Waals surface area contributed by atoms with Crippen molar-refractivity contribution in [2.45, 2.75) is 45.2 Å². The average Bonchev–Trinajstić information content (AvgIpc) is 3.19. The van der Waals surface area contributed by atoms with E-state index in [1.807, 2.05) is 12.3 Å². The molecule has 1 aliphatic rings. The van der Waals surface area contributed by atoms with Gasteiger partial charge >= 0.3 is 0 Å². The van der Waals surface area contributed by atoms with Crippen LogP contribution < -0.4 is 11.3 Å². The minimum atomic E-state index is 0.722. The number of nitrogens with zero attached hydrogens (tertiary/aromatic N) is 2. The van der Waals surface area contributed by atoms with Crippen LogP contribution in [0.3, 0.4) is 0 Å². The topological polar surface area (TPSA) is 54.2 Å². The van der Waals surface area contributed by atoms with E-state index < -0.39 is 0 Å². The van der Waals surface area contributed by atoms with Crippen LogP contribution in [0, 0.1) is 0 Å². The molecule has 0 aromatic carbocycles. The summed E-state index contributed by atoms with van der Waals surface area (Å²) in [5.74, 6) is 6.02. The van der Waals surface area contributed by atoms with Crippen LogP contribution in [0.5, 0.6) is 0 Å². The van der Waals surface area contributed by atoms with Crippen LogP contribution >= 0.6 is 0 Å². The lowest BCUT2D eigenvalue weighted by atomic mass is 10.2. The van der Waals surface area contributed by atoms with Gasteiger partial charge in [0.2, 0.25) is 0 Å². The molecule has 1 aromatic heterocycles. The normalized spacial score (nSPS) is 15.2. The zero-order chi connectivity index (χ0) is 12.1. The Balaban J connectivity index is 1.91. The predicted molar refractivity (Wildman–Crippen MR) is 70.4 cm³/mol. The molecular formula is C13H22N4. The first-order valence-corrected chi connectivity index (χ1v) is 6.49. The Kier molecular flexibility index (Phi) is 4.34. The summed E-state index contributed by atoms with van der Waals surface area (Å²) in [7, 11) is 0. The maximum Gasteiger partial charge on any atom is 0.139 e. The molecule has 1 saturated carbocycles. The molecule has 94 valence electrons. The zero-order valence-corrected chi connectivity index (χ0v) is 10.5. The Labute approximate surface area is 103 Å². The second-order valence-corrected chi connectivity index (χ2v) is 4.75. The largest absolute Gasteiger partial charge is 0.308 e. The number of nitrogens with two attached hydrogens (primary N) is 1. The molecule has 4 heteroatoms. The van der Waals surface area contributed by atoms with Gasteiger partial charge in [-0.2, -0.15) is 0 Å². The van der Waals surface area contributed by atoms with Crippen molar-refractivity contribution in [3.8, 4) is 0 Å². The number of unbranched alkanes of at least 4 members (excludes halogenated alkanes) is 1. The number of pyridine rings is 1. The Hall–Kier alpha value is -1.13. The molecule has 0 bridgehead atoms. The Bertz CT molecular complexity index is 332. The summed E-state index contributed by atoms with van der Waals surface area (Å²) < 4.78 is 0. The summed E-state index contributed by atoms with van der Waals surface area (Å²) in [4.78, 5) is 6.83. The summed E-state index contributed by atoms with van der Waals surface area (Å²) in [5.41, 5.74) is 3.82. The molecule has 1 aliphatic carbocycles. The Morgan fingerprint density at radius 1 is 1.47 bits per heavy atom. The summed E-state index contributed by atoms with van der Waals surface area (Å²) in [6.07, 6.45) is 7.18. The highest BCUT2D eigenvalue weighted by Gasteiger charge is 2.28. The standard InChI is InChI=1S/C13H22N4/c1-2-3-8-17(12-5-6-12)10-11-4-7-13(16-14)15-9-11/h4,7,9,12H,2-3,5-6,8,10,14H2,1H3,(H,15,16). The SMILES string of the molecule is CCCCN(Cc1ccc(NN)nc1)C1CC1. The molecule has 0 amide bonds. The van der Waals surface area contributed by atoms with Gasteiger partial charge < -0.3 is 5.43 Å². The summed E-state index contributed by atoms with van der Waals surface area (Å²) in [6.45, 7) is 4.47. The van der Waals surface area contributed by atoms with E-state index in [4.69, 9.17) is 5.84 Å². The van der Waals surface area contributed by atoms with Crippen molar-refractivity contribution in [1.82, 2.24) is 9.88 Å². The van der Waals surface area contributed by atoms with Gasteiger partial charge in [-0.3, -0.25) is 4.90 Å². The van der Waals surface area contributed by atoms with Crippen LogP contribution in [0.1, 0.15) is 38.2 Å². The third kappa shape index (κ3) is 3.68. The third-order valence-electron chi connectivity index (χ3n) is 3.22. The summed E-state index contributed by atoms with van der Waals surface area (Å²) in [6, 6.07) is 4.85. The highest BCUT2D eigenvalue weighted by atomic mass is 15.2. The van der Waals surface area contributed by atoms with E-state index >= 15 is 0 Å². The average molecular weight is 234 g/mol. The number of anilines is 1. The van der Waals surface area contributed by atoms with E-state index in [0.717, 1.165) is 18.4 Å². The van der Waals surface area contributed by atoms with Crippen molar-refractivity contribution in [2.75, 3.05) is 12.0 Å². The second-order valence-electron chi connectivity index (χ2n) is 4.75. The van der Waals surface area contributed by atoms with Crippen LogP contribution in [-0.2, 0) is 6.54 Å². The van der Waals surface area contributed by atoms with E-state index in [9.17, 15) is 0 Å². The van der Waals surface area contributed by atoms with E-state index in [-0.39, 0.29) is 0 Å². The van der Waals surface area contributed by atoms with Crippen LogP contribution in [0.15, 0.2) is 18.3 Å². The smallest absolute Gasteiger partial charge is 0.139 e. The number of nitrogens with one attached hydrogen (secondary N) is 1. The van der Waals surface area contributed by atoms with Gasteiger partial charge in [-0.05, 0) is 37.4 Å². The molecule has 0 radical (unpaired) electrons. The van der Waals surface area contributed by atoms with E-state index in [1.54, 1.807) is 0 Å². The molecule has 0 atom stereocenters. The van der Waals surface area contributed by atoms with Crippen LogP contribution in [0.25, 0.3) is 0 Å². The number of rotatable bonds is 7. The number of nitrogen functional groups attached to an aromatic ring is 1. The van der Waals surface area contributed by atoms with Crippen molar-refractivity contribution in [3.05, 3.63) is 23.9 Å². The number of hydrogen-bond donors (Lipinski definition) is 2. The fourth-order valence-electron chi connectivity index (χ4n) is 2.03. The molecule has 1 aromatic rings. The summed E-state index contributed by atoms with van der Waals surface area (Å²) in [5, 5.41) is 0. The van der Waals surface area contributed by atoms with Crippen molar-refractivity contribution in [2.24, 2.45) is 5.84 Å². The molecule has 3 N–H and O–H groups in total. The first-order chi connectivity index (χ1) is 8.33. The van der Waals surface area contributed by atoms with Gasteiger partial charge in [-0.1, -0.05) is 19.4 Å². The lowest BCUT2D eigenvalue weighted by Gasteiger charge is -2.21. The number of hydrazine groups is 1. The number of aromatic nitrogens is 1. The molecule has 0 saturated heterocycles. The third-order valence-corrected chi connectivity index (χ3v) is 3.22. The molecule has 1 heterocycles. The first kappa shape index (κ1) is 12.3. The fourth-order valence-corrected chi connectivity index (χ4v) is 2.03. The first-order valence-electron chi connectivity index (χ1n) is 6.49. The maximum absolute atomic E-state index is 5.30. The molecule has 2 rings (SSSR count). The fraction of sp³-hybridized carbons (Fsp3) is 0.615. The van der Waals surface area contributed by atoms with Crippen molar-refractivity contribution >= 4 is 5.82 Å². The van der Waals surface area contributed by atoms with Crippen molar-refractivity contribution < 1.29 is 0 Å². The Morgan fingerprint density at radius 2 is 2.29 bits per heavy atom. The van der Waals surface area contributed by atoms with Crippen molar-refractivity contribution in [3.63, 3.8) is 0 Å². The maximum atomic E-state index is 5.30. The highest BCUT2D eigenvalue weighted by Crippen LogP contribution is 2.28. The van der Waals surface area contributed by atoms with Crippen LogP contribution in [-0.4, -0.2) is 22.5 Å². The molecule has 4 nitrogen and oxygen atoms in total. The van der Waals surface area contributed by atoms with Crippen LogP contribution in [0.2, 0.25) is 0 Å². The van der Waals surface area contributed by atoms with Gasteiger partial charge in [0, 0.05) is 18.8 Å². The Morgan fingerprint density at radius 3 is 2.82 bits per heavy atom. The van der Waals surface area contributed by atoms with Gasteiger partial charge in [0.15, 0.2) is 0 Å². The lowest BCUT2D eigenvalue weighted by Crippen LogP contribution is -2.26. The van der Waals surface area contributed by atoms with E-state index in [0.29, 0.717) is 0 Å². The van der Waals surface area contributed by atoms with Crippen LogP contribution in [0.4, 0.5) is 5.82 Å². The van der Waals surface area contributed by atoms with Gasteiger partial charge in [0.05, 0.1) is 0 Å². The molecular weight excluding hydrogens is 212 g/mol. The van der Waals surface area contributed by atoms with E-state index in [1.165, 1.54) is 37.8 Å². The molecule has 0 spiro atoms. The monoisotopic (exact) mass is 234 g/mol. The van der Waals surface area contributed by atoms with Crippen molar-refractivity contribution in [1.29, 1.82) is 0 Å². The quantitative estimate of drug-likeness (QED) is 0.560. The molecule has 1 fully saturated rings. The van der Waals surface area contributed by atoms with Gasteiger partial charge in [0.25, 0.3) is 0 Å². The zero-order valence-electron chi connectivity index (χ0n) is 10.5. The van der Waals surface area contributed by atoms with Gasteiger partial charge in [-0.15, -0.1) is 0 Å². The molecule has 0 aliphatic heterocycles. The predicted octanol–water partition coefficient (Wildman–Crippen LogP) is 2.13. The van der Waals surface area contributed by atoms with Gasteiger partial charge in [0.1, 0.15) is 5.82 Å². The number of hydrogen-bond acceptors (Lipinski definition) is 4. The summed E-state index contributed by atoms with van der Waals surface area (Å²) >= 11 is 0. The minimum Gasteiger partial charge on any atom is -0.308 e. The molecule has 17 heavy (non-hydrogen) atoms. The van der Waals surface area contributed by atoms with E-state index in [2.05, 4.69) is 28.3 Å². The highest BCUT2D eigenvalue weighted by molar-refractivity contribution is 5.33. The van der Waals surface area contributed by atoms with Gasteiger partial charge in [-0.25, -0.2) is 10.8 Å². The minimum absolute atomic E-state index is 0.722. The second kappa shape index (κ2) is 5.98. The lowest BCUT2D eigenvalue weighted by molar-refractivity contribution is 0.250. The molecule has 0 unspecified atom stereocenters.